The van der Waals surface area contributed by atoms with E-state index in [0.717, 1.165) is 53.8 Å². The number of anilines is 2. The number of aromatic nitrogens is 2. The van der Waals surface area contributed by atoms with Gasteiger partial charge in [-0.15, -0.1) is 0 Å². The first-order chi connectivity index (χ1) is 11.3. The van der Waals surface area contributed by atoms with E-state index in [9.17, 15) is 0 Å². The van der Waals surface area contributed by atoms with Crippen LogP contribution in [0.3, 0.4) is 0 Å². The molecule has 122 valence electrons. The Bertz CT molecular complexity index is 645. The molecular weight excluding hydrogens is 308 g/mol. The summed E-state index contributed by atoms with van der Waals surface area (Å²) < 4.78 is 6.05. The van der Waals surface area contributed by atoms with Crippen molar-refractivity contribution in [2.75, 3.05) is 41.8 Å². The minimum absolute atomic E-state index is 0.293. The van der Waals surface area contributed by atoms with Crippen molar-refractivity contribution in [2.24, 2.45) is 0 Å². The first kappa shape index (κ1) is 15.9. The Balaban J connectivity index is 2.08. The highest BCUT2D eigenvalue weighted by Gasteiger charge is 2.22. The van der Waals surface area contributed by atoms with Crippen molar-refractivity contribution in [1.29, 1.82) is 0 Å². The molecule has 1 aliphatic rings. The van der Waals surface area contributed by atoms with Crippen LogP contribution in [0.1, 0.15) is 13.3 Å². The van der Waals surface area contributed by atoms with Crippen LogP contribution < -0.4 is 15.4 Å². The smallest absolute Gasteiger partial charge is 0.222 e. The third-order valence-electron chi connectivity index (χ3n) is 3.67. The van der Waals surface area contributed by atoms with E-state index in [1.54, 1.807) is 0 Å². The Morgan fingerprint density at radius 2 is 1.91 bits per heavy atom. The summed E-state index contributed by atoms with van der Waals surface area (Å²) in [4.78, 5) is 11.2. The van der Waals surface area contributed by atoms with Crippen LogP contribution in [0.2, 0.25) is 0 Å². The second kappa shape index (κ2) is 7.55. The number of nitrogens with zero attached hydrogens (tertiary/aromatic N) is 3. The van der Waals surface area contributed by atoms with Gasteiger partial charge >= 0.3 is 0 Å². The molecule has 0 radical (unpaired) electrons. The van der Waals surface area contributed by atoms with Gasteiger partial charge in [0.15, 0.2) is 11.6 Å². The zero-order valence-electron chi connectivity index (χ0n) is 13.4. The van der Waals surface area contributed by atoms with Crippen LogP contribution >= 0.6 is 11.8 Å². The summed E-state index contributed by atoms with van der Waals surface area (Å²) in [5.41, 5.74) is 7.77. The molecule has 0 spiro atoms. The van der Waals surface area contributed by atoms with Gasteiger partial charge in [0.1, 0.15) is 5.69 Å². The summed E-state index contributed by atoms with van der Waals surface area (Å²) in [5, 5.41) is 0. The minimum Gasteiger partial charge on any atom is -0.488 e. The second-order valence-electron chi connectivity index (χ2n) is 5.40. The maximum atomic E-state index is 6.05. The summed E-state index contributed by atoms with van der Waals surface area (Å²) >= 11 is 1.96. The van der Waals surface area contributed by atoms with E-state index >= 15 is 0 Å². The molecule has 0 amide bonds. The molecule has 0 aliphatic carbocycles. The maximum absolute atomic E-state index is 6.05. The molecule has 2 aromatic rings. The Morgan fingerprint density at radius 3 is 2.61 bits per heavy atom. The van der Waals surface area contributed by atoms with Crippen LogP contribution in [0.4, 0.5) is 11.8 Å². The lowest BCUT2D eigenvalue weighted by Gasteiger charge is -2.29. The van der Waals surface area contributed by atoms with Crippen molar-refractivity contribution in [3.63, 3.8) is 0 Å². The number of rotatable bonds is 5. The lowest BCUT2D eigenvalue weighted by molar-refractivity contribution is 0.317. The number of thioether (sulfide) groups is 1. The van der Waals surface area contributed by atoms with Gasteiger partial charge in [-0.1, -0.05) is 37.3 Å². The number of hydrogen-bond acceptors (Lipinski definition) is 6. The van der Waals surface area contributed by atoms with Crippen molar-refractivity contribution in [2.45, 2.75) is 13.3 Å². The monoisotopic (exact) mass is 330 g/mol. The molecule has 0 saturated carbocycles. The molecule has 5 nitrogen and oxygen atoms in total. The first-order valence-electron chi connectivity index (χ1n) is 7.98. The summed E-state index contributed by atoms with van der Waals surface area (Å²) in [7, 11) is 0. The molecule has 0 atom stereocenters. The predicted molar refractivity (Wildman–Crippen MR) is 97.2 cm³/mol. The second-order valence-corrected chi connectivity index (χ2v) is 6.62. The molecule has 1 aromatic carbocycles. The zero-order chi connectivity index (χ0) is 16.1. The van der Waals surface area contributed by atoms with Gasteiger partial charge in [0, 0.05) is 30.2 Å². The van der Waals surface area contributed by atoms with Gasteiger partial charge in [-0.3, -0.25) is 0 Å². The number of hydrogen-bond donors (Lipinski definition) is 1. The van der Waals surface area contributed by atoms with Crippen molar-refractivity contribution >= 4 is 23.5 Å². The van der Waals surface area contributed by atoms with Gasteiger partial charge in [0.05, 0.1) is 6.61 Å². The SMILES string of the molecule is CCCOc1c(-c2ccccc2)nc(N)nc1N1CCSCC1. The number of ether oxygens (including phenoxy) is 1. The van der Waals surface area contributed by atoms with E-state index in [0.29, 0.717) is 12.6 Å². The maximum Gasteiger partial charge on any atom is 0.222 e. The molecule has 1 aliphatic heterocycles. The predicted octanol–water partition coefficient (Wildman–Crippen LogP) is 3.07. The summed E-state index contributed by atoms with van der Waals surface area (Å²) in [6, 6.07) is 10.0. The van der Waals surface area contributed by atoms with Crippen LogP contribution in [0, 0.1) is 0 Å². The Kier molecular flexibility index (Phi) is 5.23. The number of benzene rings is 1. The van der Waals surface area contributed by atoms with Gasteiger partial charge < -0.3 is 15.4 Å². The van der Waals surface area contributed by atoms with Crippen LogP contribution in [0.15, 0.2) is 30.3 Å². The fourth-order valence-electron chi connectivity index (χ4n) is 2.57. The fraction of sp³-hybridized carbons (Fsp3) is 0.412. The topological polar surface area (TPSA) is 64.3 Å². The highest BCUT2D eigenvalue weighted by molar-refractivity contribution is 7.99. The van der Waals surface area contributed by atoms with Crippen molar-refractivity contribution in [1.82, 2.24) is 9.97 Å². The van der Waals surface area contributed by atoms with E-state index in [1.165, 1.54) is 0 Å². The Labute approximate surface area is 141 Å². The van der Waals surface area contributed by atoms with Crippen LogP contribution in [0.25, 0.3) is 11.3 Å². The minimum atomic E-state index is 0.293. The van der Waals surface area contributed by atoms with E-state index in [2.05, 4.69) is 21.8 Å². The van der Waals surface area contributed by atoms with Crippen molar-refractivity contribution < 1.29 is 4.74 Å². The summed E-state index contributed by atoms with van der Waals surface area (Å²) in [6.07, 6.45) is 0.938. The summed E-state index contributed by atoms with van der Waals surface area (Å²) in [6.45, 7) is 4.65. The van der Waals surface area contributed by atoms with Gasteiger partial charge in [-0.05, 0) is 6.42 Å². The molecule has 0 bridgehead atoms. The number of nitrogen functional groups attached to an aromatic ring is 1. The van der Waals surface area contributed by atoms with Crippen LogP contribution in [0.5, 0.6) is 5.75 Å². The van der Waals surface area contributed by atoms with Gasteiger partial charge in [-0.25, -0.2) is 4.98 Å². The van der Waals surface area contributed by atoms with Gasteiger partial charge in [0.25, 0.3) is 0 Å². The average molecular weight is 330 g/mol. The first-order valence-corrected chi connectivity index (χ1v) is 9.13. The van der Waals surface area contributed by atoms with Gasteiger partial charge in [-0.2, -0.15) is 16.7 Å². The molecule has 2 heterocycles. The molecule has 2 N–H and O–H groups in total. The highest BCUT2D eigenvalue weighted by atomic mass is 32.2. The fourth-order valence-corrected chi connectivity index (χ4v) is 3.48. The Hall–Kier alpha value is -1.95. The molecule has 1 saturated heterocycles. The van der Waals surface area contributed by atoms with Gasteiger partial charge in [0.2, 0.25) is 5.95 Å². The van der Waals surface area contributed by atoms with E-state index in [-0.39, 0.29) is 0 Å². The van der Waals surface area contributed by atoms with E-state index in [4.69, 9.17) is 10.5 Å². The molecular formula is C17H22N4OS. The molecule has 1 fully saturated rings. The number of nitrogens with two attached hydrogens (primary N) is 1. The van der Waals surface area contributed by atoms with Crippen molar-refractivity contribution in [3.8, 4) is 17.0 Å². The zero-order valence-corrected chi connectivity index (χ0v) is 14.2. The van der Waals surface area contributed by atoms with Crippen molar-refractivity contribution in [3.05, 3.63) is 30.3 Å². The highest BCUT2D eigenvalue weighted by Crippen LogP contribution is 2.37. The molecule has 1 aromatic heterocycles. The Morgan fingerprint density at radius 1 is 1.17 bits per heavy atom. The lowest BCUT2D eigenvalue weighted by Crippen LogP contribution is -2.34. The normalized spacial score (nSPS) is 14.7. The molecule has 3 rings (SSSR count). The largest absolute Gasteiger partial charge is 0.488 e. The third-order valence-corrected chi connectivity index (χ3v) is 4.62. The lowest BCUT2D eigenvalue weighted by atomic mass is 10.1. The van der Waals surface area contributed by atoms with E-state index < -0.39 is 0 Å². The van der Waals surface area contributed by atoms with E-state index in [1.807, 2.05) is 42.1 Å². The molecule has 23 heavy (non-hydrogen) atoms. The quantitative estimate of drug-likeness (QED) is 0.909. The van der Waals surface area contributed by atoms with Crippen LogP contribution in [-0.4, -0.2) is 41.2 Å². The standard InChI is InChI=1S/C17H22N4OS/c1-2-10-22-15-14(13-6-4-3-5-7-13)19-17(18)20-16(15)21-8-11-23-12-9-21/h3-7H,2,8-12H2,1H3,(H2,18,19,20). The third kappa shape index (κ3) is 3.69. The average Bonchev–Trinajstić information content (AvgIpc) is 2.61. The molecule has 0 unspecified atom stereocenters. The summed E-state index contributed by atoms with van der Waals surface area (Å²) in [5.74, 6) is 4.06. The molecule has 6 heteroatoms. The van der Waals surface area contributed by atoms with Crippen LogP contribution in [-0.2, 0) is 0 Å².